The number of hydrogen-bond donors (Lipinski definition) is 1. The largest absolute Gasteiger partial charge is 0.481 e. The average molecular weight is 349 g/mol. The molecule has 128 valence electrons. The number of nitrogens with zero attached hydrogens (tertiary/aromatic N) is 3. The molecule has 0 radical (unpaired) electrons. The Kier molecular flexibility index (Phi) is 4.94. The molecular weight excluding hydrogens is 330 g/mol. The molecule has 24 heavy (non-hydrogen) atoms. The molecule has 3 heterocycles. The van der Waals surface area contributed by atoms with Crippen LogP contribution in [-0.4, -0.2) is 44.5 Å². The molecule has 3 rings (SSSR count). The number of amides is 1. The van der Waals surface area contributed by atoms with Crippen LogP contribution in [0.2, 0.25) is 0 Å². The highest BCUT2D eigenvalue weighted by Gasteiger charge is 2.29. The molecule has 0 saturated carbocycles. The van der Waals surface area contributed by atoms with Gasteiger partial charge in [-0.1, -0.05) is 11.8 Å². The molecule has 0 spiro atoms. The van der Waals surface area contributed by atoms with Crippen molar-refractivity contribution in [3.8, 4) is 0 Å². The maximum Gasteiger partial charge on any atom is 0.308 e. The zero-order valence-corrected chi connectivity index (χ0v) is 14.2. The van der Waals surface area contributed by atoms with E-state index in [-0.39, 0.29) is 18.2 Å². The number of aliphatic carboxylic acids is 1. The number of likely N-dealkylation sites (tertiary alicyclic amines) is 1. The lowest BCUT2D eigenvalue weighted by Crippen LogP contribution is -2.42. The van der Waals surface area contributed by atoms with Crippen molar-refractivity contribution in [2.45, 2.75) is 23.8 Å². The quantitative estimate of drug-likeness (QED) is 0.833. The summed E-state index contributed by atoms with van der Waals surface area (Å²) in [5, 5.41) is 10.00. The van der Waals surface area contributed by atoms with E-state index in [0.717, 1.165) is 5.16 Å². The topological polar surface area (TPSA) is 88.6 Å². The van der Waals surface area contributed by atoms with Crippen molar-refractivity contribution in [2.24, 2.45) is 13.0 Å². The average Bonchev–Trinajstić information content (AvgIpc) is 3.21. The van der Waals surface area contributed by atoms with Crippen molar-refractivity contribution in [1.82, 2.24) is 14.5 Å². The molecule has 0 aromatic carbocycles. The number of carboxylic acid groups (broad SMARTS) is 1. The highest BCUT2D eigenvalue weighted by Crippen LogP contribution is 2.24. The molecular formula is C16H19N3O4S. The molecule has 1 fully saturated rings. The Bertz CT molecular complexity index is 739. The fourth-order valence-electron chi connectivity index (χ4n) is 2.72. The summed E-state index contributed by atoms with van der Waals surface area (Å²) in [4.78, 5) is 29.4. The Morgan fingerprint density at radius 3 is 3.00 bits per heavy atom. The molecule has 1 amide bonds. The van der Waals surface area contributed by atoms with E-state index in [1.54, 1.807) is 23.2 Å². The van der Waals surface area contributed by atoms with E-state index in [1.165, 1.54) is 11.8 Å². The zero-order valence-electron chi connectivity index (χ0n) is 13.3. The first-order chi connectivity index (χ1) is 11.5. The Balaban J connectivity index is 1.61. The molecule has 1 aliphatic rings. The van der Waals surface area contributed by atoms with Gasteiger partial charge in [0.05, 0.1) is 11.7 Å². The van der Waals surface area contributed by atoms with Gasteiger partial charge >= 0.3 is 5.97 Å². The van der Waals surface area contributed by atoms with Crippen LogP contribution in [0, 0.1) is 5.92 Å². The summed E-state index contributed by atoms with van der Waals surface area (Å²) >= 11 is 1.53. The molecule has 2 aromatic heterocycles. The van der Waals surface area contributed by atoms with Crippen molar-refractivity contribution in [3.05, 3.63) is 36.0 Å². The molecule has 1 unspecified atom stereocenters. The number of carbonyl (C=O) groups is 2. The van der Waals surface area contributed by atoms with E-state index in [4.69, 9.17) is 9.52 Å². The van der Waals surface area contributed by atoms with Gasteiger partial charge in [-0.05, 0) is 25.0 Å². The number of aryl methyl sites for hydroxylation is 1. The Hall–Kier alpha value is -2.22. The van der Waals surface area contributed by atoms with Gasteiger partial charge in [0.1, 0.15) is 5.76 Å². The van der Waals surface area contributed by atoms with Crippen LogP contribution in [0.4, 0.5) is 0 Å². The number of aromatic nitrogens is 2. The van der Waals surface area contributed by atoms with Crippen LogP contribution in [0.5, 0.6) is 0 Å². The van der Waals surface area contributed by atoms with E-state index < -0.39 is 11.9 Å². The second-order valence-electron chi connectivity index (χ2n) is 5.80. The van der Waals surface area contributed by atoms with Crippen LogP contribution in [-0.2, 0) is 17.6 Å². The van der Waals surface area contributed by atoms with E-state index in [1.807, 2.05) is 17.8 Å². The third kappa shape index (κ3) is 3.64. The van der Waals surface area contributed by atoms with Crippen LogP contribution < -0.4 is 0 Å². The van der Waals surface area contributed by atoms with Gasteiger partial charge < -0.3 is 19.0 Å². The van der Waals surface area contributed by atoms with Gasteiger partial charge in [-0.25, -0.2) is 4.98 Å². The van der Waals surface area contributed by atoms with Crippen LogP contribution in [0.3, 0.4) is 0 Å². The summed E-state index contributed by atoms with van der Waals surface area (Å²) < 4.78 is 7.55. The van der Waals surface area contributed by atoms with Gasteiger partial charge in [0, 0.05) is 32.5 Å². The third-order valence-corrected chi connectivity index (χ3v) is 5.13. The van der Waals surface area contributed by atoms with E-state index >= 15 is 0 Å². The number of carbonyl (C=O) groups excluding carboxylic acids is 1. The third-order valence-electron chi connectivity index (χ3n) is 4.05. The highest BCUT2D eigenvalue weighted by atomic mass is 32.2. The van der Waals surface area contributed by atoms with Crippen LogP contribution in [0.1, 0.15) is 29.2 Å². The van der Waals surface area contributed by atoms with E-state index in [0.29, 0.717) is 30.9 Å². The SMILES string of the molecule is Cn1ccnc1SCc1ccc(C(=O)N2CCCC(C(=O)O)C2)o1. The van der Waals surface area contributed by atoms with Gasteiger partial charge in [-0.2, -0.15) is 0 Å². The number of thioether (sulfide) groups is 1. The standard InChI is InChI=1S/C16H19N3O4S/c1-18-8-6-17-16(18)24-10-12-4-5-13(23-12)14(20)19-7-2-3-11(9-19)15(21)22/h4-6,8,11H,2-3,7,9-10H2,1H3,(H,21,22). The predicted octanol–water partition coefficient (Wildman–Crippen LogP) is 2.24. The van der Waals surface area contributed by atoms with Crippen molar-refractivity contribution in [1.29, 1.82) is 0 Å². The maximum atomic E-state index is 12.5. The number of furan rings is 1. The lowest BCUT2D eigenvalue weighted by atomic mass is 9.98. The number of piperidine rings is 1. The van der Waals surface area contributed by atoms with Crippen LogP contribution in [0.25, 0.3) is 0 Å². The maximum absolute atomic E-state index is 12.5. The second-order valence-corrected chi connectivity index (χ2v) is 6.75. The lowest BCUT2D eigenvalue weighted by molar-refractivity contribution is -0.143. The van der Waals surface area contributed by atoms with Crippen LogP contribution in [0.15, 0.2) is 34.1 Å². The fraction of sp³-hybridized carbons (Fsp3) is 0.438. The predicted molar refractivity (Wildman–Crippen MR) is 87.7 cm³/mol. The highest BCUT2D eigenvalue weighted by molar-refractivity contribution is 7.98. The first-order valence-electron chi connectivity index (χ1n) is 7.75. The fourth-order valence-corrected chi connectivity index (χ4v) is 3.54. The molecule has 7 nitrogen and oxygen atoms in total. The monoisotopic (exact) mass is 349 g/mol. The lowest BCUT2D eigenvalue weighted by Gasteiger charge is -2.29. The first kappa shape index (κ1) is 16.6. The zero-order chi connectivity index (χ0) is 17.1. The molecule has 8 heteroatoms. The Morgan fingerprint density at radius 1 is 1.46 bits per heavy atom. The summed E-state index contributed by atoms with van der Waals surface area (Å²) in [6.45, 7) is 0.812. The van der Waals surface area contributed by atoms with Gasteiger partial charge in [0.2, 0.25) is 0 Å². The summed E-state index contributed by atoms with van der Waals surface area (Å²) in [6.07, 6.45) is 4.91. The van der Waals surface area contributed by atoms with Crippen LogP contribution >= 0.6 is 11.8 Å². The summed E-state index contributed by atoms with van der Waals surface area (Å²) in [5.41, 5.74) is 0. The van der Waals surface area contributed by atoms with Gasteiger partial charge in [-0.15, -0.1) is 0 Å². The minimum absolute atomic E-state index is 0.241. The molecule has 2 aromatic rings. The summed E-state index contributed by atoms with van der Waals surface area (Å²) in [6, 6.07) is 3.43. The first-order valence-corrected chi connectivity index (χ1v) is 8.74. The van der Waals surface area contributed by atoms with Gasteiger partial charge in [-0.3, -0.25) is 9.59 Å². The minimum atomic E-state index is -0.848. The Morgan fingerprint density at radius 2 is 2.29 bits per heavy atom. The molecule has 0 bridgehead atoms. The molecule has 0 aliphatic carbocycles. The minimum Gasteiger partial charge on any atom is -0.481 e. The van der Waals surface area contributed by atoms with Crippen molar-refractivity contribution < 1.29 is 19.1 Å². The number of hydrogen-bond acceptors (Lipinski definition) is 5. The molecule has 1 atom stereocenters. The van der Waals surface area contributed by atoms with Crippen molar-refractivity contribution in [3.63, 3.8) is 0 Å². The Labute approximate surface area is 143 Å². The normalized spacial score (nSPS) is 17.9. The summed E-state index contributed by atoms with van der Waals surface area (Å²) in [7, 11) is 1.92. The molecule has 1 aliphatic heterocycles. The van der Waals surface area contributed by atoms with E-state index in [9.17, 15) is 9.59 Å². The second kappa shape index (κ2) is 7.12. The number of imidazole rings is 1. The van der Waals surface area contributed by atoms with Gasteiger partial charge in [0.25, 0.3) is 5.91 Å². The molecule has 1 saturated heterocycles. The van der Waals surface area contributed by atoms with Crippen molar-refractivity contribution >= 4 is 23.6 Å². The number of rotatable bonds is 5. The number of carboxylic acids is 1. The van der Waals surface area contributed by atoms with Crippen molar-refractivity contribution in [2.75, 3.05) is 13.1 Å². The smallest absolute Gasteiger partial charge is 0.308 e. The molecule has 1 N–H and O–H groups in total. The van der Waals surface area contributed by atoms with Gasteiger partial charge in [0.15, 0.2) is 10.9 Å². The summed E-state index contributed by atoms with van der Waals surface area (Å²) in [5.74, 6) is -0.0467. The van der Waals surface area contributed by atoms with E-state index in [2.05, 4.69) is 4.98 Å².